The van der Waals surface area contributed by atoms with Crippen molar-refractivity contribution in [3.8, 4) is 0 Å². The molecule has 2 aliphatic rings. The summed E-state index contributed by atoms with van der Waals surface area (Å²) in [4.78, 5) is 22.7. The minimum absolute atomic E-state index is 0.0376. The minimum atomic E-state index is -0.403. The van der Waals surface area contributed by atoms with E-state index in [1.807, 2.05) is 24.3 Å². The summed E-state index contributed by atoms with van der Waals surface area (Å²) < 4.78 is 11.5. The summed E-state index contributed by atoms with van der Waals surface area (Å²) in [7, 11) is 0. The fraction of sp³-hybridized carbons (Fsp3) is 0.421. The summed E-state index contributed by atoms with van der Waals surface area (Å²) in [6.07, 6.45) is 3.37. The summed E-state index contributed by atoms with van der Waals surface area (Å²) in [5, 5.41) is 3.25. The van der Waals surface area contributed by atoms with Crippen LogP contribution in [0.4, 0.5) is 17.5 Å². The molecule has 26 heavy (non-hydrogen) atoms. The van der Waals surface area contributed by atoms with Crippen molar-refractivity contribution in [2.45, 2.75) is 25.6 Å². The van der Waals surface area contributed by atoms with Gasteiger partial charge in [0.1, 0.15) is 5.82 Å². The first-order valence-electron chi connectivity index (χ1n) is 8.88. The Morgan fingerprint density at radius 3 is 2.69 bits per heavy atom. The van der Waals surface area contributed by atoms with E-state index >= 15 is 0 Å². The van der Waals surface area contributed by atoms with E-state index in [4.69, 9.17) is 9.47 Å². The van der Waals surface area contributed by atoms with E-state index in [2.05, 4.69) is 20.2 Å². The summed E-state index contributed by atoms with van der Waals surface area (Å²) in [6.45, 7) is 4.50. The van der Waals surface area contributed by atoms with Gasteiger partial charge in [0.15, 0.2) is 11.6 Å². The number of carbonyl (C=O) groups excluding carboxylic acids is 1. The van der Waals surface area contributed by atoms with E-state index in [0.29, 0.717) is 30.5 Å². The summed E-state index contributed by atoms with van der Waals surface area (Å²) in [6, 6.07) is 9.21. The maximum Gasteiger partial charge on any atom is 0.227 e. The van der Waals surface area contributed by atoms with Crippen LogP contribution in [-0.2, 0) is 9.47 Å². The third-order valence-corrected chi connectivity index (χ3v) is 4.81. The first-order valence-corrected chi connectivity index (χ1v) is 8.88. The molecule has 0 aliphatic carbocycles. The number of ether oxygens (including phenoxy) is 2. The molecule has 2 aliphatic heterocycles. The topological polar surface area (TPSA) is 76.6 Å². The summed E-state index contributed by atoms with van der Waals surface area (Å²) in [5.41, 5.74) is 1.50. The van der Waals surface area contributed by atoms with E-state index in [-0.39, 0.29) is 5.78 Å². The predicted octanol–water partition coefficient (Wildman–Crippen LogP) is 2.77. The molecule has 7 heteroatoms. The lowest BCUT2D eigenvalue weighted by Crippen LogP contribution is -2.45. The predicted molar refractivity (Wildman–Crippen MR) is 97.8 cm³/mol. The monoisotopic (exact) mass is 354 g/mol. The summed E-state index contributed by atoms with van der Waals surface area (Å²) in [5.74, 6) is 1.02. The summed E-state index contributed by atoms with van der Waals surface area (Å²) >= 11 is 0. The van der Waals surface area contributed by atoms with Crippen LogP contribution in [0.15, 0.2) is 36.5 Å². The molecule has 136 valence electrons. The number of nitrogens with one attached hydrogen (secondary N) is 1. The molecule has 1 N–H and O–H groups in total. The Morgan fingerprint density at radius 1 is 1.19 bits per heavy atom. The maximum atomic E-state index is 11.5. The zero-order valence-electron chi connectivity index (χ0n) is 14.8. The van der Waals surface area contributed by atoms with Crippen LogP contribution in [0.2, 0.25) is 0 Å². The van der Waals surface area contributed by atoms with Gasteiger partial charge in [0.05, 0.1) is 13.2 Å². The van der Waals surface area contributed by atoms with E-state index in [1.54, 1.807) is 19.2 Å². The quantitative estimate of drug-likeness (QED) is 0.846. The number of Topliss-reactive ketones (excluding diaryl/α,β-unsaturated/α-hetero) is 1. The fourth-order valence-electron chi connectivity index (χ4n) is 3.37. The number of benzene rings is 1. The lowest BCUT2D eigenvalue weighted by atomic mass is 10.0. The van der Waals surface area contributed by atoms with Crippen molar-refractivity contribution in [2.75, 3.05) is 36.5 Å². The van der Waals surface area contributed by atoms with Crippen LogP contribution in [-0.4, -0.2) is 47.8 Å². The molecule has 1 spiro atoms. The molecule has 1 aromatic heterocycles. The van der Waals surface area contributed by atoms with Crippen molar-refractivity contribution in [3.63, 3.8) is 0 Å². The molecule has 2 aromatic rings. The molecular weight excluding hydrogens is 332 g/mol. The molecule has 0 amide bonds. The number of rotatable bonds is 4. The molecule has 0 saturated carbocycles. The average Bonchev–Trinajstić information content (AvgIpc) is 3.11. The van der Waals surface area contributed by atoms with Gasteiger partial charge in [0.25, 0.3) is 0 Å². The van der Waals surface area contributed by atoms with Gasteiger partial charge in [-0.2, -0.15) is 4.98 Å². The van der Waals surface area contributed by atoms with E-state index < -0.39 is 5.79 Å². The molecule has 0 bridgehead atoms. The zero-order chi connectivity index (χ0) is 18.0. The lowest BCUT2D eigenvalue weighted by molar-refractivity contribution is -0.169. The first kappa shape index (κ1) is 16.9. The molecular formula is C19H22N4O3. The standard InChI is InChI=1S/C19H22N4O3/c1-14(24)15-3-2-4-16(13-15)21-17-5-8-20-18(22-17)23-9-6-19(7-10-23)25-11-12-26-19/h2-5,8,13H,6-7,9-12H2,1H3,(H,20,21,22). The van der Waals surface area contributed by atoms with Crippen LogP contribution in [0.1, 0.15) is 30.1 Å². The molecule has 0 atom stereocenters. The number of anilines is 3. The fourth-order valence-corrected chi connectivity index (χ4v) is 3.37. The van der Waals surface area contributed by atoms with Gasteiger partial charge in [-0.05, 0) is 25.1 Å². The zero-order valence-corrected chi connectivity index (χ0v) is 14.8. The number of carbonyl (C=O) groups is 1. The first-order chi connectivity index (χ1) is 12.6. The highest BCUT2D eigenvalue weighted by Crippen LogP contribution is 2.32. The highest BCUT2D eigenvalue weighted by molar-refractivity contribution is 5.95. The second-order valence-electron chi connectivity index (χ2n) is 6.60. The number of aromatic nitrogens is 2. The number of nitrogens with zero attached hydrogens (tertiary/aromatic N) is 3. The van der Waals surface area contributed by atoms with E-state index in [0.717, 1.165) is 31.6 Å². The lowest BCUT2D eigenvalue weighted by Gasteiger charge is -2.37. The largest absolute Gasteiger partial charge is 0.347 e. The number of piperidine rings is 1. The Morgan fingerprint density at radius 2 is 1.96 bits per heavy atom. The highest BCUT2D eigenvalue weighted by atomic mass is 16.7. The van der Waals surface area contributed by atoms with Crippen LogP contribution >= 0.6 is 0 Å². The van der Waals surface area contributed by atoms with Crippen molar-refractivity contribution in [3.05, 3.63) is 42.1 Å². The van der Waals surface area contributed by atoms with Gasteiger partial charge in [0, 0.05) is 43.4 Å². The molecule has 4 rings (SSSR count). The second kappa shape index (κ2) is 7.01. The Balaban J connectivity index is 1.45. The molecule has 2 fully saturated rings. The smallest absolute Gasteiger partial charge is 0.227 e. The third kappa shape index (κ3) is 3.54. The molecule has 0 unspecified atom stereocenters. The highest BCUT2D eigenvalue weighted by Gasteiger charge is 2.40. The van der Waals surface area contributed by atoms with Crippen molar-refractivity contribution < 1.29 is 14.3 Å². The van der Waals surface area contributed by atoms with Gasteiger partial charge < -0.3 is 19.7 Å². The Kier molecular flexibility index (Phi) is 4.57. The average molecular weight is 354 g/mol. The Labute approximate surface area is 152 Å². The van der Waals surface area contributed by atoms with Gasteiger partial charge in [0.2, 0.25) is 5.95 Å². The Bertz CT molecular complexity index is 795. The van der Waals surface area contributed by atoms with Crippen molar-refractivity contribution in [2.24, 2.45) is 0 Å². The minimum Gasteiger partial charge on any atom is -0.347 e. The van der Waals surface area contributed by atoms with Gasteiger partial charge in [-0.15, -0.1) is 0 Å². The van der Waals surface area contributed by atoms with Crippen LogP contribution in [0.3, 0.4) is 0 Å². The van der Waals surface area contributed by atoms with Gasteiger partial charge in [-0.25, -0.2) is 4.98 Å². The van der Waals surface area contributed by atoms with Gasteiger partial charge in [-0.1, -0.05) is 12.1 Å². The number of ketones is 1. The number of hydrogen-bond acceptors (Lipinski definition) is 7. The third-order valence-electron chi connectivity index (χ3n) is 4.81. The maximum absolute atomic E-state index is 11.5. The van der Waals surface area contributed by atoms with Crippen molar-refractivity contribution in [1.82, 2.24) is 9.97 Å². The van der Waals surface area contributed by atoms with Crippen molar-refractivity contribution >= 4 is 23.2 Å². The molecule has 7 nitrogen and oxygen atoms in total. The van der Waals surface area contributed by atoms with E-state index in [1.165, 1.54) is 0 Å². The normalized spacial score (nSPS) is 18.9. The van der Waals surface area contributed by atoms with Crippen LogP contribution in [0.25, 0.3) is 0 Å². The van der Waals surface area contributed by atoms with Crippen LogP contribution in [0.5, 0.6) is 0 Å². The Hall–Kier alpha value is -2.51. The van der Waals surface area contributed by atoms with Crippen molar-refractivity contribution in [1.29, 1.82) is 0 Å². The second-order valence-corrected chi connectivity index (χ2v) is 6.60. The van der Waals surface area contributed by atoms with Gasteiger partial charge >= 0.3 is 0 Å². The van der Waals surface area contributed by atoms with Crippen LogP contribution in [0, 0.1) is 0 Å². The van der Waals surface area contributed by atoms with Crippen LogP contribution < -0.4 is 10.2 Å². The molecule has 0 radical (unpaired) electrons. The SMILES string of the molecule is CC(=O)c1cccc(Nc2ccnc(N3CCC4(CC3)OCCO4)n2)c1. The number of hydrogen-bond donors (Lipinski definition) is 1. The molecule has 3 heterocycles. The molecule has 2 saturated heterocycles. The molecule has 1 aromatic carbocycles. The van der Waals surface area contributed by atoms with E-state index in [9.17, 15) is 4.79 Å². The van der Waals surface area contributed by atoms with Gasteiger partial charge in [-0.3, -0.25) is 4.79 Å².